The third kappa shape index (κ3) is 3.18. The first-order valence-corrected chi connectivity index (χ1v) is 10.0. The molecule has 0 unspecified atom stereocenters. The van der Waals surface area contributed by atoms with Crippen LogP contribution in [0.15, 0.2) is 41.4 Å². The molecule has 2 aromatic carbocycles. The number of carboxylic acid groups (broad SMARTS) is 1. The number of rotatable bonds is 4. The van der Waals surface area contributed by atoms with Gasteiger partial charge in [-0.2, -0.15) is 11.8 Å². The van der Waals surface area contributed by atoms with Gasteiger partial charge in [0.2, 0.25) is 0 Å². The number of aliphatic imine (C=N–C) groups is 1. The molecule has 27 heavy (non-hydrogen) atoms. The van der Waals surface area contributed by atoms with Crippen LogP contribution in [0.25, 0.3) is 0 Å². The van der Waals surface area contributed by atoms with E-state index in [0.717, 1.165) is 40.5 Å². The Labute approximate surface area is 162 Å². The molecule has 0 spiro atoms. The Morgan fingerprint density at radius 2 is 1.85 bits per heavy atom. The number of hydrogen-bond acceptors (Lipinski definition) is 5. The van der Waals surface area contributed by atoms with Crippen molar-refractivity contribution < 1.29 is 19.4 Å². The Balaban J connectivity index is 1.86. The number of hydrogen-bond donors (Lipinski definition) is 1. The average molecular weight is 383 g/mol. The van der Waals surface area contributed by atoms with Crippen LogP contribution in [0.2, 0.25) is 0 Å². The molecule has 140 valence electrons. The van der Waals surface area contributed by atoms with Crippen LogP contribution >= 0.6 is 11.8 Å². The summed E-state index contributed by atoms with van der Waals surface area (Å²) in [6.07, 6.45) is 1.04. The van der Waals surface area contributed by atoms with E-state index < -0.39 is 5.97 Å². The van der Waals surface area contributed by atoms with Crippen LogP contribution in [-0.2, 0) is 0 Å². The van der Waals surface area contributed by atoms with Crippen LogP contribution in [0.4, 0.5) is 0 Å². The molecular formula is C21H21NO4S. The molecule has 0 aromatic heterocycles. The fourth-order valence-corrected chi connectivity index (χ4v) is 5.05. The van der Waals surface area contributed by atoms with E-state index in [1.54, 1.807) is 26.4 Å². The molecule has 2 aliphatic heterocycles. The SMILES string of the molecule is COc1cc2c(cc1OC)[C@H]1CSCC[C@H]1N=C2c1ccc(C(=O)O)cc1. The number of carboxylic acids is 1. The first kappa shape index (κ1) is 17.9. The van der Waals surface area contributed by atoms with E-state index in [1.807, 2.05) is 30.0 Å². The fourth-order valence-electron chi connectivity index (χ4n) is 3.82. The monoisotopic (exact) mass is 383 g/mol. The van der Waals surface area contributed by atoms with Crippen LogP contribution in [0.3, 0.4) is 0 Å². The Bertz CT molecular complexity index is 907. The first-order valence-electron chi connectivity index (χ1n) is 8.88. The van der Waals surface area contributed by atoms with Crippen molar-refractivity contribution in [3.05, 3.63) is 58.7 Å². The van der Waals surface area contributed by atoms with Crippen molar-refractivity contribution in [2.24, 2.45) is 4.99 Å². The second-order valence-electron chi connectivity index (χ2n) is 6.69. The summed E-state index contributed by atoms with van der Waals surface area (Å²) in [6.45, 7) is 0. The van der Waals surface area contributed by atoms with Gasteiger partial charge in [-0.3, -0.25) is 4.99 Å². The standard InChI is InChI=1S/C21H21NO4S/c1-25-18-9-14-15(10-19(18)26-2)20(22-17-7-8-27-11-16(14)17)12-3-5-13(6-4-12)21(23)24/h3-6,9-10,16-17H,7-8,11H2,1-2H3,(H,23,24)/t16-,17-/m1/s1. The summed E-state index contributed by atoms with van der Waals surface area (Å²) < 4.78 is 11.0. The number of ether oxygens (including phenoxy) is 2. The highest BCUT2D eigenvalue weighted by atomic mass is 32.2. The minimum absolute atomic E-state index is 0.242. The van der Waals surface area contributed by atoms with E-state index >= 15 is 0 Å². The lowest BCUT2D eigenvalue weighted by atomic mass is 9.81. The minimum atomic E-state index is -0.927. The van der Waals surface area contributed by atoms with Gasteiger partial charge in [-0.05, 0) is 42.0 Å². The van der Waals surface area contributed by atoms with Gasteiger partial charge in [0.05, 0.1) is 31.5 Å². The average Bonchev–Trinajstić information content (AvgIpc) is 2.72. The van der Waals surface area contributed by atoms with Crippen molar-refractivity contribution in [3.8, 4) is 11.5 Å². The normalized spacial score (nSPS) is 20.9. The fraction of sp³-hybridized carbons (Fsp3) is 0.333. The number of thioether (sulfide) groups is 1. The maximum Gasteiger partial charge on any atom is 0.335 e. The predicted molar refractivity (Wildman–Crippen MR) is 107 cm³/mol. The van der Waals surface area contributed by atoms with E-state index in [-0.39, 0.29) is 11.6 Å². The van der Waals surface area contributed by atoms with Crippen molar-refractivity contribution in [2.75, 3.05) is 25.7 Å². The summed E-state index contributed by atoms with van der Waals surface area (Å²) in [6, 6.07) is 11.2. The Kier molecular flexibility index (Phi) is 4.83. The zero-order chi connectivity index (χ0) is 19.0. The minimum Gasteiger partial charge on any atom is -0.493 e. The molecule has 0 bridgehead atoms. The van der Waals surface area contributed by atoms with Gasteiger partial charge in [-0.1, -0.05) is 12.1 Å². The number of carbonyl (C=O) groups is 1. The maximum absolute atomic E-state index is 11.2. The van der Waals surface area contributed by atoms with Crippen LogP contribution in [0.1, 0.15) is 39.4 Å². The highest BCUT2D eigenvalue weighted by Crippen LogP contribution is 2.43. The molecule has 5 nitrogen and oxygen atoms in total. The smallest absolute Gasteiger partial charge is 0.335 e. The van der Waals surface area contributed by atoms with Crippen LogP contribution < -0.4 is 9.47 Å². The van der Waals surface area contributed by atoms with Gasteiger partial charge < -0.3 is 14.6 Å². The van der Waals surface area contributed by atoms with Gasteiger partial charge >= 0.3 is 5.97 Å². The van der Waals surface area contributed by atoms with Crippen molar-refractivity contribution in [1.82, 2.24) is 0 Å². The molecule has 0 saturated carbocycles. The van der Waals surface area contributed by atoms with Gasteiger partial charge in [0.15, 0.2) is 11.5 Å². The van der Waals surface area contributed by atoms with Gasteiger partial charge in [0, 0.05) is 22.8 Å². The van der Waals surface area contributed by atoms with Gasteiger partial charge in [0.25, 0.3) is 0 Å². The molecule has 2 heterocycles. The molecule has 2 atom stereocenters. The molecule has 2 aliphatic rings. The molecule has 6 heteroatoms. The molecule has 4 rings (SSSR count). The highest BCUT2D eigenvalue weighted by molar-refractivity contribution is 7.99. The molecule has 0 amide bonds. The number of nitrogens with zero attached hydrogens (tertiary/aromatic N) is 1. The molecule has 0 radical (unpaired) electrons. The van der Waals surface area contributed by atoms with E-state index in [9.17, 15) is 4.79 Å². The van der Waals surface area contributed by atoms with Crippen LogP contribution in [0, 0.1) is 0 Å². The largest absolute Gasteiger partial charge is 0.493 e. The lowest BCUT2D eigenvalue weighted by Gasteiger charge is -2.35. The second kappa shape index (κ2) is 7.27. The summed E-state index contributed by atoms with van der Waals surface area (Å²) in [5.41, 5.74) is 4.37. The lowest BCUT2D eigenvalue weighted by molar-refractivity contribution is 0.0697. The summed E-state index contributed by atoms with van der Waals surface area (Å²) in [4.78, 5) is 16.2. The molecule has 1 saturated heterocycles. The quantitative estimate of drug-likeness (QED) is 0.869. The van der Waals surface area contributed by atoms with E-state index in [0.29, 0.717) is 11.7 Å². The van der Waals surface area contributed by atoms with E-state index in [2.05, 4.69) is 6.07 Å². The zero-order valence-electron chi connectivity index (χ0n) is 15.3. The van der Waals surface area contributed by atoms with Crippen molar-refractivity contribution in [1.29, 1.82) is 0 Å². The van der Waals surface area contributed by atoms with Gasteiger partial charge in [0.1, 0.15) is 0 Å². The van der Waals surface area contributed by atoms with Crippen molar-refractivity contribution >= 4 is 23.4 Å². The topological polar surface area (TPSA) is 68.1 Å². The van der Waals surface area contributed by atoms with E-state index in [4.69, 9.17) is 19.6 Å². The molecule has 1 fully saturated rings. The molecule has 2 aromatic rings. The Hall–Kier alpha value is -2.47. The molecule has 0 aliphatic carbocycles. The molecular weight excluding hydrogens is 362 g/mol. The summed E-state index contributed by atoms with van der Waals surface area (Å²) >= 11 is 1.96. The highest BCUT2D eigenvalue weighted by Gasteiger charge is 2.34. The summed E-state index contributed by atoms with van der Waals surface area (Å²) in [5.74, 6) is 2.99. The predicted octanol–water partition coefficient (Wildman–Crippen LogP) is 3.84. The van der Waals surface area contributed by atoms with Crippen LogP contribution in [-0.4, -0.2) is 48.6 Å². The Morgan fingerprint density at radius 3 is 2.52 bits per heavy atom. The Morgan fingerprint density at radius 1 is 1.15 bits per heavy atom. The van der Waals surface area contributed by atoms with Gasteiger partial charge in [-0.25, -0.2) is 4.79 Å². The van der Waals surface area contributed by atoms with Crippen LogP contribution in [0.5, 0.6) is 11.5 Å². The third-order valence-electron chi connectivity index (χ3n) is 5.23. The zero-order valence-corrected chi connectivity index (χ0v) is 16.1. The second-order valence-corrected chi connectivity index (χ2v) is 7.84. The molecule has 1 N–H and O–H groups in total. The number of fused-ring (bicyclic) bond motifs is 3. The first-order chi connectivity index (χ1) is 13.1. The third-order valence-corrected chi connectivity index (χ3v) is 6.35. The number of aromatic carboxylic acids is 1. The van der Waals surface area contributed by atoms with Crippen molar-refractivity contribution in [2.45, 2.75) is 18.4 Å². The van der Waals surface area contributed by atoms with Crippen molar-refractivity contribution in [3.63, 3.8) is 0 Å². The summed E-state index contributed by atoms with van der Waals surface area (Å²) in [7, 11) is 3.28. The lowest BCUT2D eigenvalue weighted by Crippen LogP contribution is -2.31. The number of benzene rings is 2. The maximum atomic E-state index is 11.2. The summed E-state index contributed by atoms with van der Waals surface area (Å²) in [5, 5.41) is 9.16. The van der Waals surface area contributed by atoms with E-state index in [1.165, 1.54) is 5.56 Å². The van der Waals surface area contributed by atoms with Gasteiger partial charge in [-0.15, -0.1) is 0 Å². The number of methoxy groups -OCH3 is 2.